The highest BCUT2D eigenvalue weighted by Crippen LogP contribution is 2.23. The van der Waals surface area contributed by atoms with Crippen LogP contribution in [0.25, 0.3) is 0 Å². The van der Waals surface area contributed by atoms with E-state index in [0.717, 1.165) is 31.3 Å². The Labute approximate surface area is 134 Å². The van der Waals surface area contributed by atoms with Crippen LogP contribution >= 0.6 is 0 Å². The SMILES string of the molecule is COC(=O)C(C)CN(C(=O)C=C(C)C)C1CCCCCCC1. The third-order valence-electron chi connectivity index (χ3n) is 4.28. The third kappa shape index (κ3) is 6.20. The molecule has 1 atom stereocenters. The molecule has 1 aliphatic carbocycles. The van der Waals surface area contributed by atoms with E-state index < -0.39 is 0 Å². The van der Waals surface area contributed by atoms with Crippen molar-refractivity contribution in [1.29, 1.82) is 0 Å². The molecule has 1 saturated carbocycles. The van der Waals surface area contributed by atoms with Crippen LogP contribution in [0.2, 0.25) is 0 Å². The first-order valence-corrected chi connectivity index (χ1v) is 8.49. The summed E-state index contributed by atoms with van der Waals surface area (Å²) < 4.78 is 4.81. The first-order chi connectivity index (χ1) is 10.5. The number of methoxy groups -OCH3 is 1. The van der Waals surface area contributed by atoms with Crippen molar-refractivity contribution in [2.75, 3.05) is 13.7 Å². The first kappa shape index (κ1) is 18.7. The van der Waals surface area contributed by atoms with Gasteiger partial charge in [0.15, 0.2) is 0 Å². The number of esters is 1. The van der Waals surface area contributed by atoms with Crippen LogP contribution in [0.1, 0.15) is 65.7 Å². The quantitative estimate of drug-likeness (QED) is 0.574. The Kier molecular flexibility index (Phi) is 8.21. The summed E-state index contributed by atoms with van der Waals surface area (Å²) in [7, 11) is 1.40. The minimum Gasteiger partial charge on any atom is -0.469 e. The van der Waals surface area contributed by atoms with Crippen molar-refractivity contribution in [3.63, 3.8) is 0 Å². The molecule has 0 bridgehead atoms. The molecule has 0 radical (unpaired) electrons. The molecule has 0 N–H and O–H groups in total. The van der Waals surface area contributed by atoms with Crippen molar-refractivity contribution in [2.45, 2.75) is 71.8 Å². The van der Waals surface area contributed by atoms with Gasteiger partial charge in [0.25, 0.3) is 0 Å². The molecule has 1 amide bonds. The summed E-state index contributed by atoms with van der Waals surface area (Å²) in [5.74, 6) is -0.507. The molecule has 1 aliphatic rings. The van der Waals surface area contributed by atoms with Gasteiger partial charge in [-0.25, -0.2) is 0 Å². The summed E-state index contributed by atoms with van der Waals surface area (Å²) in [4.78, 5) is 26.2. The largest absolute Gasteiger partial charge is 0.469 e. The number of ether oxygens (including phenoxy) is 1. The van der Waals surface area contributed by atoms with Crippen LogP contribution in [-0.4, -0.2) is 36.5 Å². The van der Waals surface area contributed by atoms with Gasteiger partial charge in [0.1, 0.15) is 0 Å². The van der Waals surface area contributed by atoms with Gasteiger partial charge < -0.3 is 9.64 Å². The number of rotatable bonds is 5. The molecule has 126 valence electrons. The van der Waals surface area contributed by atoms with Gasteiger partial charge in [0.2, 0.25) is 5.91 Å². The average Bonchev–Trinajstić information content (AvgIpc) is 2.43. The van der Waals surface area contributed by atoms with Gasteiger partial charge >= 0.3 is 5.97 Å². The summed E-state index contributed by atoms with van der Waals surface area (Å²) >= 11 is 0. The lowest BCUT2D eigenvalue weighted by molar-refractivity contribution is -0.146. The second kappa shape index (κ2) is 9.65. The van der Waals surface area contributed by atoms with Crippen LogP contribution in [0.5, 0.6) is 0 Å². The van der Waals surface area contributed by atoms with Crippen LogP contribution in [-0.2, 0) is 14.3 Å². The first-order valence-electron chi connectivity index (χ1n) is 8.49. The molecule has 0 aromatic carbocycles. The fourth-order valence-corrected chi connectivity index (χ4v) is 3.07. The number of carbonyl (C=O) groups excluding carboxylic acids is 2. The molecule has 0 aliphatic heterocycles. The zero-order chi connectivity index (χ0) is 16.5. The van der Waals surface area contributed by atoms with Gasteiger partial charge in [0.05, 0.1) is 13.0 Å². The van der Waals surface area contributed by atoms with Gasteiger partial charge in [-0.15, -0.1) is 0 Å². The summed E-state index contributed by atoms with van der Waals surface area (Å²) in [5.41, 5.74) is 0.992. The number of nitrogens with zero attached hydrogens (tertiary/aromatic N) is 1. The molecular weight excluding hydrogens is 278 g/mol. The molecule has 1 unspecified atom stereocenters. The van der Waals surface area contributed by atoms with E-state index in [4.69, 9.17) is 4.74 Å². The van der Waals surface area contributed by atoms with Gasteiger partial charge in [0, 0.05) is 18.7 Å². The lowest BCUT2D eigenvalue weighted by atomic mass is 9.94. The predicted octanol–water partition coefficient (Wildman–Crippen LogP) is 3.70. The van der Waals surface area contributed by atoms with E-state index in [0.29, 0.717) is 6.54 Å². The Balaban J connectivity index is 2.85. The van der Waals surface area contributed by atoms with Crippen LogP contribution in [0, 0.1) is 5.92 Å². The van der Waals surface area contributed by atoms with Crippen LogP contribution in [0.4, 0.5) is 0 Å². The topological polar surface area (TPSA) is 46.6 Å². The second-order valence-electron chi connectivity index (χ2n) is 6.64. The Morgan fingerprint density at radius 2 is 1.68 bits per heavy atom. The van der Waals surface area contributed by atoms with Gasteiger partial charge in [-0.2, -0.15) is 0 Å². The van der Waals surface area contributed by atoms with E-state index in [2.05, 4.69) is 0 Å². The lowest BCUT2D eigenvalue weighted by Crippen LogP contribution is -2.44. The molecule has 1 fully saturated rings. The summed E-state index contributed by atoms with van der Waals surface area (Å²) in [6, 6.07) is 0.246. The van der Waals surface area contributed by atoms with E-state index in [9.17, 15) is 9.59 Å². The number of allylic oxidation sites excluding steroid dienone is 1. The van der Waals surface area contributed by atoms with Gasteiger partial charge in [-0.05, 0) is 26.7 Å². The summed E-state index contributed by atoms with van der Waals surface area (Å²) in [5, 5.41) is 0. The molecule has 0 aromatic heterocycles. The smallest absolute Gasteiger partial charge is 0.310 e. The minimum atomic E-state index is -0.287. The molecule has 4 heteroatoms. The molecular formula is C18H31NO3. The molecule has 0 saturated heterocycles. The minimum absolute atomic E-state index is 0.0290. The van der Waals surface area contributed by atoms with Crippen molar-refractivity contribution in [2.24, 2.45) is 5.92 Å². The van der Waals surface area contributed by atoms with E-state index >= 15 is 0 Å². The molecule has 0 spiro atoms. The summed E-state index contributed by atoms with van der Waals surface area (Å²) in [6.45, 7) is 6.13. The lowest BCUT2D eigenvalue weighted by Gasteiger charge is -2.34. The molecule has 0 aromatic rings. The zero-order valence-corrected chi connectivity index (χ0v) is 14.6. The Morgan fingerprint density at radius 1 is 1.14 bits per heavy atom. The van der Waals surface area contributed by atoms with Crippen molar-refractivity contribution in [3.05, 3.63) is 11.6 Å². The Bertz CT molecular complexity index is 391. The van der Waals surface area contributed by atoms with Gasteiger partial charge in [-0.1, -0.05) is 44.6 Å². The van der Waals surface area contributed by atoms with Crippen LogP contribution < -0.4 is 0 Å². The Hall–Kier alpha value is -1.32. The average molecular weight is 309 g/mol. The third-order valence-corrected chi connectivity index (χ3v) is 4.28. The maximum Gasteiger partial charge on any atom is 0.310 e. The van der Waals surface area contributed by atoms with Crippen molar-refractivity contribution in [3.8, 4) is 0 Å². The predicted molar refractivity (Wildman–Crippen MR) is 88.4 cm³/mol. The molecule has 1 rings (SSSR count). The maximum absolute atomic E-state index is 12.6. The fourth-order valence-electron chi connectivity index (χ4n) is 3.07. The van der Waals surface area contributed by atoms with E-state index in [1.807, 2.05) is 25.7 Å². The van der Waals surface area contributed by atoms with Crippen molar-refractivity contribution >= 4 is 11.9 Å². The zero-order valence-electron chi connectivity index (χ0n) is 14.6. The van der Waals surface area contributed by atoms with Crippen molar-refractivity contribution < 1.29 is 14.3 Å². The number of hydrogen-bond acceptors (Lipinski definition) is 3. The monoisotopic (exact) mass is 309 g/mol. The summed E-state index contributed by atoms with van der Waals surface area (Å²) in [6.07, 6.45) is 9.87. The van der Waals surface area contributed by atoms with Crippen molar-refractivity contribution in [1.82, 2.24) is 4.90 Å². The Morgan fingerprint density at radius 3 is 2.18 bits per heavy atom. The fraction of sp³-hybridized carbons (Fsp3) is 0.778. The second-order valence-corrected chi connectivity index (χ2v) is 6.64. The highest BCUT2D eigenvalue weighted by molar-refractivity contribution is 5.88. The van der Waals surface area contributed by atoms with E-state index in [1.165, 1.54) is 26.4 Å². The standard InChI is InChI=1S/C18H31NO3/c1-14(2)12-17(20)19(13-15(3)18(21)22-4)16-10-8-6-5-7-9-11-16/h12,15-16H,5-11,13H2,1-4H3. The highest BCUT2D eigenvalue weighted by Gasteiger charge is 2.27. The highest BCUT2D eigenvalue weighted by atomic mass is 16.5. The van der Waals surface area contributed by atoms with E-state index in [1.54, 1.807) is 6.08 Å². The normalized spacial score (nSPS) is 17.8. The molecule has 0 heterocycles. The molecule has 22 heavy (non-hydrogen) atoms. The van der Waals surface area contributed by atoms with Gasteiger partial charge in [-0.3, -0.25) is 9.59 Å². The molecule has 4 nitrogen and oxygen atoms in total. The number of carbonyl (C=O) groups is 2. The van der Waals surface area contributed by atoms with E-state index in [-0.39, 0.29) is 23.8 Å². The number of hydrogen-bond donors (Lipinski definition) is 0. The maximum atomic E-state index is 12.6. The number of amides is 1. The van der Waals surface area contributed by atoms with Crippen LogP contribution in [0.3, 0.4) is 0 Å². The van der Waals surface area contributed by atoms with Crippen LogP contribution in [0.15, 0.2) is 11.6 Å².